The fraction of sp³-hybridized carbons (Fsp3) is 0.533. The zero-order valence-electron chi connectivity index (χ0n) is 12.2. The number of nitrogens with two attached hydrogens (primary N) is 1. The maximum absolute atomic E-state index is 8.74. The molecule has 0 amide bonds. The molecule has 0 spiro atoms. The summed E-state index contributed by atoms with van der Waals surface area (Å²) in [5, 5.41) is 11.7. The number of hydrogen-bond donors (Lipinski definition) is 2. The van der Waals surface area contributed by atoms with E-state index in [0.29, 0.717) is 24.5 Å². The molecule has 3 N–H and O–H groups in total. The van der Waals surface area contributed by atoms with Gasteiger partial charge in [0.25, 0.3) is 0 Å². The predicted octanol–water partition coefficient (Wildman–Crippen LogP) is 1.88. The SMILES string of the molecule is COc1ccc(/C(N)=N/O)cc1COCC1CCCCO1. The van der Waals surface area contributed by atoms with E-state index in [-0.39, 0.29) is 11.9 Å². The van der Waals surface area contributed by atoms with Gasteiger partial charge < -0.3 is 25.2 Å². The molecule has 1 aromatic carbocycles. The number of hydrogen-bond acceptors (Lipinski definition) is 5. The average molecular weight is 294 g/mol. The summed E-state index contributed by atoms with van der Waals surface area (Å²) in [6, 6.07) is 5.32. The third kappa shape index (κ3) is 4.34. The van der Waals surface area contributed by atoms with Crippen LogP contribution in [0.4, 0.5) is 0 Å². The first-order valence-corrected chi connectivity index (χ1v) is 7.08. The highest BCUT2D eigenvalue weighted by molar-refractivity contribution is 5.97. The van der Waals surface area contributed by atoms with Crippen molar-refractivity contribution in [1.29, 1.82) is 0 Å². The number of nitrogens with zero attached hydrogens (tertiary/aromatic N) is 1. The maximum atomic E-state index is 8.74. The Morgan fingerprint density at radius 2 is 2.33 bits per heavy atom. The summed E-state index contributed by atoms with van der Waals surface area (Å²) in [6.07, 6.45) is 3.54. The smallest absolute Gasteiger partial charge is 0.170 e. The molecule has 0 aromatic heterocycles. The molecular formula is C15H22N2O4. The van der Waals surface area contributed by atoms with E-state index in [1.54, 1.807) is 25.3 Å². The minimum absolute atomic E-state index is 0.0644. The van der Waals surface area contributed by atoms with Crippen molar-refractivity contribution in [3.8, 4) is 5.75 Å². The second kappa shape index (κ2) is 7.85. The van der Waals surface area contributed by atoms with E-state index in [2.05, 4.69) is 5.16 Å². The summed E-state index contributed by atoms with van der Waals surface area (Å²) >= 11 is 0. The molecule has 6 nitrogen and oxygen atoms in total. The van der Waals surface area contributed by atoms with Gasteiger partial charge in [0.2, 0.25) is 0 Å². The molecule has 0 saturated carbocycles. The number of methoxy groups -OCH3 is 1. The monoisotopic (exact) mass is 294 g/mol. The Hall–Kier alpha value is -1.79. The van der Waals surface area contributed by atoms with Gasteiger partial charge in [-0.15, -0.1) is 0 Å². The molecule has 0 aliphatic carbocycles. The molecular weight excluding hydrogens is 272 g/mol. The van der Waals surface area contributed by atoms with E-state index in [1.165, 1.54) is 6.42 Å². The molecule has 1 fully saturated rings. The summed E-state index contributed by atoms with van der Waals surface area (Å²) in [7, 11) is 1.60. The lowest BCUT2D eigenvalue weighted by molar-refractivity contribution is -0.0449. The molecule has 116 valence electrons. The van der Waals surface area contributed by atoms with Crippen LogP contribution in [0.15, 0.2) is 23.4 Å². The summed E-state index contributed by atoms with van der Waals surface area (Å²) in [5.74, 6) is 0.781. The lowest BCUT2D eigenvalue weighted by Gasteiger charge is -2.22. The van der Waals surface area contributed by atoms with Gasteiger partial charge in [0, 0.05) is 17.7 Å². The Morgan fingerprint density at radius 3 is 3.00 bits per heavy atom. The normalized spacial score (nSPS) is 19.5. The number of amidine groups is 1. The average Bonchev–Trinajstić information content (AvgIpc) is 2.55. The molecule has 1 unspecified atom stereocenters. The predicted molar refractivity (Wildman–Crippen MR) is 78.8 cm³/mol. The van der Waals surface area contributed by atoms with Crippen LogP contribution in [-0.2, 0) is 16.1 Å². The van der Waals surface area contributed by atoms with Gasteiger partial charge in [-0.05, 0) is 37.5 Å². The van der Waals surface area contributed by atoms with E-state index >= 15 is 0 Å². The number of ether oxygens (including phenoxy) is 3. The molecule has 1 saturated heterocycles. The maximum Gasteiger partial charge on any atom is 0.170 e. The molecule has 6 heteroatoms. The number of oxime groups is 1. The standard InChI is InChI=1S/C15H22N2O4/c1-19-14-6-5-11(15(16)17-18)8-12(14)9-20-10-13-4-2-3-7-21-13/h5-6,8,13,18H,2-4,7,9-10H2,1H3,(H2,16,17). The molecule has 1 aromatic rings. The van der Waals surface area contributed by atoms with E-state index in [9.17, 15) is 0 Å². The molecule has 21 heavy (non-hydrogen) atoms. The Kier molecular flexibility index (Phi) is 5.83. The van der Waals surface area contributed by atoms with Crippen molar-refractivity contribution in [2.24, 2.45) is 10.9 Å². The minimum Gasteiger partial charge on any atom is -0.496 e. The van der Waals surface area contributed by atoms with Gasteiger partial charge >= 0.3 is 0 Å². The first-order chi connectivity index (χ1) is 10.2. The Balaban J connectivity index is 1.96. The molecule has 1 heterocycles. The fourth-order valence-electron chi connectivity index (χ4n) is 2.35. The summed E-state index contributed by atoms with van der Waals surface area (Å²) < 4.78 is 16.6. The Morgan fingerprint density at radius 1 is 1.48 bits per heavy atom. The fourth-order valence-corrected chi connectivity index (χ4v) is 2.35. The van der Waals surface area contributed by atoms with Crippen molar-refractivity contribution in [2.75, 3.05) is 20.3 Å². The van der Waals surface area contributed by atoms with Crippen LogP contribution in [0.5, 0.6) is 5.75 Å². The van der Waals surface area contributed by atoms with Gasteiger partial charge in [0.05, 0.1) is 26.4 Å². The zero-order valence-corrected chi connectivity index (χ0v) is 12.2. The van der Waals surface area contributed by atoms with Crippen LogP contribution in [0.25, 0.3) is 0 Å². The second-order valence-electron chi connectivity index (χ2n) is 5.02. The molecule has 0 radical (unpaired) electrons. The van der Waals surface area contributed by atoms with Crippen LogP contribution in [0.1, 0.15) is 30.4 Å². The molecule has 1 aliphatic rings. The van der Waals surface area contributed by atoms with Crippen molar-refractivity contribution in [3.05, 3.63) is 29.3 Å². The first-order valence-electron chi connectivity index (χ1n) is 7.08. The van der Waals surface area contributed by atoms with Crippen LogP contribution in [0.2, 0.25) is 0 Å². The van der Waals surface area contributed by atoms with Crippen LogP contribution in [0.3, 0.4) is 0 Å². The van der Waals surface area contributed by atoms with Crippen LogP contribution in [-0.4, -0.2) is 37.5 Å². The topological polar surface area (TPSA) is 86.3 Å². The third-order valence-electron chi connectivity index (χ3n) is 3.52. The van der Waals surface area contributed by atoms with Gasteiger partial charge in [-0.1, -0.05) is 5.16 Å². The van der Waals surface area contributed by atoms with E-state index in [1.807, 2.05) is 0 Å². The van der Waals surface area contributed by atoms with Gasteiger partial charge in [-0.25, -0.2) is 0 Å². The number of rotatable bonds is 6. The third-order valence-corrected chi connectivity index (χ3v) is 3.52. The lowest BCUT2D eigenvalue weighted by Crippen LogP contribution is -2.24. The Labute approximate surface area is 124 Å². The molecule has 1 aliphatic heterocycles. The van der Waals surface area contributed by atoms with E-state index < -0.39 is 0 Å². The quantitative estimate of drug-likeness (QED) is 0.362. The number of benzene rings is 1. The zero-order chi connectivity index (χ0) is 15.1. The second-order valence-corrected chi connectivity index (χ2v) is 5.02. The van der Waals surface area contributed by atoms with Gasteiger partial charge in [0.15, 0.2) is 5.84 Å². The molecule has 0 bridgehead atoms. The highest BCUT2D eigenvalue weighted by atomic mass is 16.5. The van der Waals surface area contributed by atoms with Crippen molar-refractivity contribution in [1.82, 2.24) is 0 Å². The highest BCUT2D eigenvalue weighted by Gasteiger charge is 2.14. The van der Waals surface area contributed by atoms with Gasteiger partial charge in [0.1, 0.15) is 5.75 Å². The Bertz CT molecular complexity index is 485. The molecule has 2 rings (SSSR count). The van der Waals surface area contributed by atoms with E-state index in [0.717, 1.165) is 25.0 Å². The first kappa shape index (κ1) is 15.6. The van der Waals surface area contributed by atoms with Crippen molar-refractivity contribution in [3.63, 3.8) is 0 Å². The van der Waals surface area contributed by atoms with Crippen molar-refractivity contribution < 1.29 is 19.4 Å². The molecule has 1 atom stereocenters. The van der Waals surface area contributed by atoms with Crippen LogP contribution < -0.4 is 10.5 Å². The summed E-state index contributed by atoms with van der Waals surface area (Å²) in [5.41, 5.74) is 7.09. The highest BCUT2D eigenvalue weighted by Crippen LogP contribution is 2.21. The van der Waals surface area contributed by atoms with Crippen molar-refractivity contribution in [2.45, 2.75) is 32.0 Å². The van der Waals surface area contributed by atoms with Crippen molar-refractivity contribution >= 4 is 5.84 Å². The lowest BCUT2D eigenvalue weighted by atomic mass is 10.1. The van der Waals surface area contributed by atoms with Gasteiger partial charge in [-0.2, -0.15) is 0 Å². The largest absolute Gasteiger partial charge is 0.496 e. The van der Waals surface area contributed by atoms with Crippen LogP contribution in [0, 0.1) is 0 Å². The summed E-state index contributed by atoms with van der Waals surface area (Å²) in [4.78, 5) is 0. The van der Waals surface area contributed by atoms with Crippen LogP contribution >= 0.6 is 0 Å². The summed E-state index contributed by atoms with van der Waals surface area (Å²) in [6.45, 7) is 1.78. The van der Waals surface area contributed by atoms with Gasteiger partial charge in [-0.3, -0.25) is 0 Å². The minimum atomic E-state index is 0.0644. The van der Waals surface area contributed by atoms with E-state index in [4.69, 9.17) is 25.2 Å².